The van der Waals surface area contributed by atoms with Crippen LogP contribution in [0.4, 0.5) is 5.69 Å². The first kappa shape index (κ1) is 16.6. The van der Waals surface area contributed by atoms with Crippen LogP contribution in [0.25, 0.3) is 0 Å². The largest absolute Gasteiger partial charge is 0.277 e. The van der Waals surface area contributed by atoms with Crippen LogP contribution in [0.2, 0.25) is 0 Å². The molecule has 0 aliphatic carbocycles. The van der Waals surface area contributed by atoms with Crippen molar-refractivity contribution in [2.24, 2.45) is 11.0 Å². The van der Waals surface area contributed by atoms with Crippen LogP contribution in [0.3, 0.4) is 0 Å². The monoisotopic (exact) mass is 305 g/mol. The van der Waals surface area contributed by atoms with Crippen molar-refractivity contribution < 1.29 is 8.42 Å². The third-order valence-corrected chi connectivity index (χ3v) is 3.79. The summed E-state index contributed by atoms with van der Waals surface area (Å²) in [5.74, 6) is 0.213. The van der Waals surface area contributed by atoms with Gasteiger partial charge in [-0.3, -0.25) is 5.43 Å². The molecule has 0 heterocycles. The first-order valence-corrected chi connectivity index (χ1v) is 7.61. The van der Waals surface area contributed by atoms with Gasteiger partial charge in [0.15, 0.2) is 0 Å². The molecule has 1 rings (SSSR count). The van der Waals surface area contributed by atoms with Crippen molar-refractivity contribution in [3.63, 3.8) is 0 Å². The molecule has 0 radical (unpaired) electrons. The summed E-state index contributed by atoms with van der Waals surface area (Å²) in [5.41, 5.74) is 2.66. The van der Waals surface area contributed by atoms with Gasteiger partial charge < -0.3 is 0 Å². The third kappa shape index (κ3) is 5.22. The second-order valence-electron chi connectivity index (χ2n) is 4.57. The molecule has 21 heavy (non-hydrogen) atoms. The zero-order chi connectivity index (χ0) is 15.9. The van der Waals surface area contributed by atoms with E-state index < -0.39 is 10.0 Å². The average Bonchev–Trinajstić information content (AvgIpc) is 2.47. The minimum Gasteiger partial charge on any atom is -0.277 e. The van der Waals surface area contributed by atoms with E-state index >= 15 is 0 Å². The lowest BCUT2D eigenvalue weighted by Gasteiger charge is -2.09. The van der Waals surface area contributed by atoms with Crippen LogP contribution in [-0.4, -0.2) is 20.7 Å². The van der Waals surface area contributed by atoms with E-state index in [1.54, 1.807) is 12.1 Å². The van der Waals surface area contributed by atoms with Gasteiger partial charge in [-0.1, -0.05) is 13.8 Å². The Balaban J connectivity index is 2.82. The van der Waals surface area contributed by atoms with Gasteiger partial charge in [-0.15, -0.1) is 0 Å². The summed E-state index contributed by atoms with van der Waals surface area (Å²) in [6, 6.07) is 9.04. The van der Waals surface area contributed by atoms with Gasteiger partial charge in [0.2, 0.25) is 15.7 Å². The molecule has 110 valence electrons. The van der Waals surface area contributed by atoms with E-state index in [-0.39, 0.29) is 16.5 Å². The van der Waals surface area contributed by atoms with Gasteiger partial charge in [0.05, 0.1) is 10.6 Å². The lowest BCUT2D eigenvalue weighted by molar-refractivity contribution is 0.560. The number of benzene rings is 1. The fourth-order valence-electron chi connectivity index (χ4n) is 1.26. The van der Waals surface area contributed by atoms with Crippen LogP contribution >= 0.6 is 0 Å². The molecule has 0 saturated carbocycles. The number of rotatable bonds is 6. The molecule has 2 N–H and O–H groups in total. The number of nitrogens with zero attached hydrogens (tertiary/aromatic N) is 3. The molecule has 0 amide bonds. The Kier molecular flexibility index (Phi) is 5.85. The zero-order valence-corrected chi connectivity index (χ0v) is 12.5. The molecule has 0 aliphatic heterocycles. The summed E-state index contributed by atoms with van der Waals surface area (Å²) in [4.78, 5) is 0.137. The minimum atomic E-state index is -3.53. The number of nitriles is 2. The van der Waals surface area contributed by atoms with E-state index in [0.29, 0.717) is 12.2 Å². The predicted octanol–water partition coefficient (Wildman–Crippen LogP) is 1.44. The summed E-state index contributed by atoms with van der Waals surface area (Å²) in [7, 11) is -3.53. The second-order valence-corrected chi connectivity index (χ2v) is 6.33. The summed E-state index contributed by atoms with van der Waals surface area (Å²) in [5, 5.41) is 20.6. The molecule has 8 heteroatoms. The molecule has 0 saturated heterocycles. The van der Waals surface area contributed by atoms with Gasteiger partial charge in [0.25, 0.3) is 0 Å². The smallest absolute Gasteiger partial charge is 0.240 e. The maximum Gasteiger partial charge on any atom is 0.240 e. The van der Waals surface area contributed by atoms with Crippen LogP contribution in [0, 0.1) is 28.6 Å². The summed E-state index contributed by atoms with van der Waals surface area (Å²) in [6.07, 6.45) is 0. The maximum absolute atomic E-state index is 12.0. The Labute approximate surface area is 123 Å². The minimum absolute atomic E-state index is 0.137. The molecular weight excluding hydrogens is 290 g/mol. The molecule has 0 atom stereocenters. The summed E-state index contributed by atoms with van der Waals surface area (Å²) >= 11 is 0. The topological polar surface area (TPSA) is 118 Å². The number of sulfonamides is 1. The van der Waals surface area contributed by atoms with Crippen LogP contribution in [0.5, 0.6) is 0 Å². The molecular formula is C13H15N5O2S. The average molecular weight is 305 g/mol. The maximum atomic E-state index is 12.0. The van der Waals surface area contributed by atoms with Gasteiger partial charge in [-0.25, -0.2) is 13.1 Å². The Hall–Kier alpha value is -2.42. The summed E-state index contributed by atoms with van der Waals surface area (Å²) < 4.78 is 26.4. The van der Waals surface area contributed by atoms with E-state index in [9.17, 15) is 8.42 Å². The quantitative estimate of drug-likeness (QED) is 0.609. The predicted molar refractivity (Wildman–Crippen MR) is 78.8 cm³/mol. The van der Waals surface area contributed by atoms with Crippen molar-refractivity contribution in [3.05, 3.63) is 24.3 Å². The molecule has 0 spiro atoms. The lowest BCUT2D eigenvalue weighted by Crippen LogP contribution is -2.27. The van der Waals surface area contributed by atoms with E-state index in [0.717, 1.165) is 0 Å². The molecule has 0 unspecified atom stereocenters. The van der Waals surface area contributed by atoms with Gasteiger partial charge in [0, 0.05) is 6.54 Å². The van der Waals surface area contributed by atoms with Crippen molar-refractivity contribution in [2.75, 3.05) is 12.0 Å². The Morgan fingerprint density at radius 3 is 2.29 bits per heavy atom. The van der Waals surface area contributed by atoms with E-state index in [1.807, 2.05) is 13.8 Å². The molecule has 0 aliphatic rings. The highest BCUT2D eigenvalue weighted by Crippen LogP contribution is 2.14. The van der Waals surface area contributed by atoms with E-state index in [1.165, 1.54) is 24.3 Å². The Bertz CT molecular complexity index is 678. The number of hydrazone groups is 1. The van der Waals surface area contributed by atoms with Crippen molar-refractivity contribution in [3.8, 4) is 12.1 Å². The number of anilines is 1. The molecule has 0 fully saturated rings. The van der Waals surface area contributed by atoms with Gasteiger partial charge >= 0.3 is 0 Å². The van der Waals surface area contributed by atoms with Crippen LogP contribution < -0.4 is 10.1 Å². The SMILES string of the molecule is CC(C)CNS(=O)(=O)c1ccc(NN=C(C#N)C#N)cc1. The molecule has 0 bridgehead atoms. The normalized spacial score (nSPS) is 10.5. The Morgan fingerprint density at radius 2 is 1.81 bits per heavy atom. The summed E-state index contributed by atoms with van der Waals surface area (Å²) in [6.45, 7) is 4.19. The highest BCUT2D eigenvalue weighted by molar-refractivity contribution is 7.89. The van der Waals surface area contributed by atoms with Gasteiger partial charge in [0.1, 0.15) is 12.1 Å². The first-order chi connectivity index (χ1) is 9.89. The molecule has 1 aromatic carbocycles. The molecule has 1 aromatic rings. The van der Waals surface area contributed by atoms with Gasteiger partial charge in [-0.2, -0.15) is 15.6 Å². The Morgan fingerprint density at radius 1 is 1.24 bits per heavy atom. The first-order valence-electron chi connectivity index (χ1n) is 6.12. The zero-order valence-electron chi connectivity index (χ0n) is 11.7. The van der Waals surface area contributed by atoms with Crippen molar-refractivity contribution in [2.45, 2.75) is 18.7 Å². The standard InChI is InChI=1S/C13H15N5O2S/c1-10(2)9-16-21(19,20)13-5-3-11(4-6-13)17-18-12(7-14)8-15/h3-6,10,16-17H,9H2,1-2H3. The number of hydrogen-bond donors (Lipinski definition) is 2. The fraction of sp³-hybridized carbons (Fsp3) is 0.308. The lowest BCUT2D eigenvalue weighted by atomic mass is 10.2. The van der Waals surface area contributed by atoms with Crippen molar-refractivity contribution >= 4 is 21.4 Å². The molecule has 7 nitrogen and oxygen atoms in total. The highest BCUT2D eigenvalue weighted by Gasteiger charge is 2.13. The van der Waals surface area contributed by atoms with Crippen LogP contribution in [-0.2, 0) is 10.0 Å². The van der Waals surface area contributed by atoms with Crippen LogP contribution in [0.15, 0.2) is 34.3 Å². The number of hydrogen-bond acceptors (Lipinski definition) is 6. The second kappa shape index (κ2) is 7.39. The highest BCUT2D eigenvalue weighted by atomic mass is 32.2. The fourth-order valence-corrected chi connectivity index (χ4v) is 2.48. The van der Waals surface area contributed by atoms with Crippen LogP contribution in [0.1, 0.15) is 13.8 Å². The number of nitrogens with one attached hydrogen (secondary N) is 2. The third-order valence-electron chi connectivity index (χ3n) is 2.35. The van der Waals surface area contributed by atoms with E-state index in [4.69, 9.17) is 10.5 Å². The van der Waals surface area contributed by atoms with E-state index in [2.05, 4.69) is 15.2 Å². The van der Waals surface area contributed by atoms with Crippen molar-refractivity contribution in [1.82, 2.24) is 4.72 Å². The van der Waals surface area contributed by atoms with Crippen molar-refractivity contribution in [1.29, 1.82) is 10.5 Å². The molecule has 0 aromatic heterocycles. The van der Waals surface area contributed by atoms with Gasteiger partial charge in [-0.05, 0) is 30.2 Å².